The molecule has 1 heterocycles. The van der Waals surface area contributed by atoms with E-state index < -0.39 is 0 Å². The number of methoxy groups -OCH3 is 2. The van der Waals surface area contributed by atoms with Crippen LogP contribution in [0.15, 0.2) is 42.5 Å². The first-order valence-corrected chi connectivity index (χ1v) is 8.77. The smallest absolute Gasteiger partial charge is 0.322 e. The van der Waals surface area contributed by atoms with Gasteiger partial charge in [0.1, 0.15) is 11.5 Å². The molecule has 1 fully saturated rings. The summed E-state index contributed by atoms with van der Waals surface area (Å²) in [6, 6.07) is 12.8. The van der Waals surface area contributed by atoms with Crippen molar-refractivity contribution in [2.75, 3.05) is 50.6 Å². The largest absolute Gasteiger partial charge is 0.497 e. The van der Waals surface area contributed by atoms with Gasteiger partial charge in [-0.15, -0.1) is 0 Å². The van der Waals surface area contributed by atoms with E-state index >= 15 is 0 Å². The van der Waals surface area contributed by atoms with Crippen molar-refractivity contribution in [3.63, 3.8) is 0 Å². The van der Waals surface area contributed by atoms with Gasteiger partial charge in [-0.3, -0.25) is 0 Å². The van der Waals surface area contributed by atoms with E-state index in [0.717, 1.165) is 30.3 Å². The third-order valence-corrected chi connectivity index (χ3v) is 4.74. The molecule has 0 atom stereocenters. The van der Waals surface area contributed by atoms with Crippen LogP contribution in [0.25, 0.3) is 0 Å². The van der Waals surface area contributed by atoms with Gasteiger partial charge in [-0.25, -0.2) is 4.79 Å². The maximum atomic E-state index is 12.5. The summed E-state index contributed by atoms with van der Waals surface area (Å²) in [5, 5.41) is 3.40. The molecule has 6 nitrogen and oxygen atoms in total. The highest BCUT2D eigenvalue weighted by atomic mass is 35.5. The fourth-order valence-corrected chi connectivity index (χ4v) is 3.14. The first-order valence-electron chi connectivity index (χ1n) is 8.40. The van der Waals surface area contributed by atoms with Crippen molar-refractivity contribution in [2.45, 2.75) is 0 Å². The number of hydrogen-bond donors (Lipinski definition) is 1. The summed E-state index contributed by atoms with van der Waals surface area (Å²) in [5.74, 6) is 1.52. The first kappa shape index (κ1) is 18.2. The number of para-hydroxylation sites is 1. The summed E-state index contributed by atoms with van der Waals surface area (Å²) >= 11 is 6.10. The molecule has 0 spiro atoms. The van der Waals surface area contributed by atoms with Gasteiger partial charge in [0, 0.05) is 32.2 Å². The Labute approximate surface area is 158 Å². The topological polar surface area (TPSA) is 54.0 Å². The predicted molar refractivity (Wildman–Crippen MR) is 104 cm³/mol. The summed E-state index contributed by atoms with van der Waals surface area (Å²) in [7, 11) is 3.27. The molecule has 1 saturated heterocycles. The molecule has 0 aliphatic carbocycles. The van der Waals surface area contributed by atoms with E-state index in [1.54, 1.807) is 31.3 Å². The SMILES string of the molecule is COc1ccc(N2CCN(C(=O)Nc3ccccc3Cl)CC2)c(OC)c1. The molecular weight excluding hydrogens is 354 g/mol. The van der Waals surface area contributed by atoms with Crippen molar-refractivity contribution in [1.29, 1.82) is 0 Å². The minimum Gasteiger partial charge on any atom is -0.497 e. The Morgan fingerprint density at radius 3 is 2.42 bits per heavy atom. The van der Waals surface area contributed by atoms with Crippen molar-refractivity contribution in [1.82, 2.24) is 4.90 Å². The van der Waals surface area contributed by atoms with Crippen LogP contribution < -0.4 is 19.7 Å². The molecule has 3 rings (SSSR count). The number of urea groups is 1. The molecule has 1 N–H and O–H groups in total. The van der Waals surface area contributed by atoms with Crippen molar-refractivity contribution in [3.05, 3.63) is 47.5 Å². The minimum absolute atomic E-state index is 0.139. The minimum atomic E-state index is -0.139. The summed E-state index contributed by atoms with van der Waals surface area (Å²) < 4.78 is 10.7. The number of nitrogens with zero attached hydrogens (tertiary/aromatic N) is 2. The average Bonchev–Trinajstić information content (AvgIpc) is 2.69. The zero-order valence-electron chi connectivity index (χ0n) is 14.9. The Hall–Kier alpha value is -2.60. The van der Waals surface area contributed by atoms with Crippen LogP contribution in [0.1, 0.15) is 0 Å². The molecular formula is C19H22ClN3O3. The van der Waals surface area contributed by atoms with Crippen LogP contribution in [0, 0.1) is 0 Å². The van der Waals surface area contributed by atoms with Crippen molar-refractivity contribution in [3.8, 4) is 11.5 Å². The number of carbonyl (C=O) groups is 1. The number of hydrogen-bond acceptors (Lipinski definition) is 4. The lowest BCUT2D eigenvalue weighted by Gasteiger charge is -2.36. The first-order chi connectivity index (χ1) is 12.6. The molecule has 0 aromatic heterocycles. The van der Waals surface area contributed by atoms with E-state index in [1.165, 1.54) is 0 Å². The Balaban J connectivity index is 1.62. The monoisotopic (exact) mass is 375 g/mol. The quantitative estimate of drug-likeness (QED) is 0.885. The van der Waals surface area contributed by atoms with Gasteiger partial charge in [-0.2, -0.15) is 0 Å². The fourth-order valence-electron chi connectivity index (χ4n) is 2.95. The van der Waals surface area contributed by atoms with E-state index in [1.807, 2.05) is 30.3 Å². The van der Waals surface area contributed by atoms with E-state index in [-0.39, 0.29) is 6.03 Å². The van der Waals surface area contributed by atoms with Crippen LogP contribution >= 0.6 is 11.6 Å². The molecule has 2 aromatic rings. The molecule has 0 bridgehead atoms. The molecule has 0 unspecified atom stereocenters. The van der Waals surface area contributed by atoms with E-state index in [9.17, 15) is 4.79 Å². The Morgan fingerprint density at radius 2 is 1.77 bits per heavy atom. The standard InChI is InChI=1S/C19H22ClN3O3/c1-25-14-7-8-17(18(13-14)26-2)22-9-11-23(12-10-22)19(24)21-16-6-4-3-5-15(16)20/h3-8,13H,9-12H2,1-2H3,(H,21,24). The number of nitrogens with one attached hydrogen (secondary N) is 1. The number of carbonyl (C=O) groups excluding carboxylic acids is 1. The fraction of sp³-hybridized carbons (Fsp3) is 0.316. The molecule has 26 heavy (non-hydrogen) atoms. The molecule has 1 aliphatic heterocycles. The van der Waals surface area contributed by atoms with Crippen LogP contribution in [0.5, 0.6) is 11.5 Å². The maximum Gasteiger partial charge on any atom is 0.322 e. The van der Waals surface area contributed by atoms with Crippen LogP contribution in [-0.2, 0) is 0 Å². The molecule has 0 saturated carbocycles. The Bertz CT molecular complexity index is 776. The second kappa shape index (κ2) is 8.19. The number of anilines is 2. The predicted octanol–water partition coefficient (Wildman–Crippen LogP) is 3.71. The van der Waals surface area contributed by atoms with Crippen LogP contribution in [0.3, 0.4) is 0 Å². The highest BCUT2D eigenvalue weighted by molar-refractivity contribution is 6.33. The zero-order valence-corrected chi connectivity index (χ0v) is 15.6. The van der Waals surface area contributed by atoms with Crippen molar-refractivity contribution in [2.24, 2.45) is 0 Å². The van der Waals surface area contributed by atoms with Gasteiger partial charge in [0.2, 0.25) is 0 Å². The number of piperazine rings is 1. The third-order valence-electron chi connectivity index (χ3n) is 4.41. The molecule has 2 amide bonds. The number of rotatable bonds is 4. The summed E-state index contributed by atoms with van der Waals surface area (Å²) in [6.07, 6.45) is 0. The van der Waals surface area contributed by atoms with Gasteiger partial charge >= 0.3 is 6.03 Å². The average molecular weight is 376 g/mol. The summed E-state index contributed by atoms with van der Waals surface area (Å²) in [5.41, 5.74) is 1.62. The normalized spacial score (nSPS) is 14.1. The second-order valence-corrected chi connectivity index (χ2v) is 6.33. The number of halogens is 1. The van der Waals surface area contributed by atoms with Crippen LogP contribution in [-0.4, -0.2) is 51.3 Å². The van der Waals surface area contributed by atoms with E-state index in [4.69, 9.17) is 21.1 Å². The zero-order chi connectivity index (χ0) is 18.5. The lowest BCUT2D eigenvalue weighted by molar-refractivity contribution is 0.208. The van der Waals surface area contributed by atoms with Gasteiger partial charge in [0.15, 0.2) is 0 Å². The number of amides is 2. The Morgan fingerprint density at radius 1 is 1.04 bits per heavy atom. The lowest BCUT2D eigenvalue weighted by atomic mass is 10.2. The molecule has 0 radical (unpaired) electrons. The van der Waals surface area contributed by atoms with Crippen molar-refractivity contribution < 1.29 is 14.3 Å². The van der Waals surface area contributed by atoms with Gasteiger partial charge < -0.3 is 24.6 Å². The van der Waals surface area contributed by atoms with E-state index in [2.05, 4.69) is 10.2 Å². The number of ether oxygens (including phenoxy) is 2. The molecule has 1 aliphatic rings. The second-order valence-electron chi connectivity index (χ2n) is 5.92. The van der Waals surface area contributed by atoms with Crippen LogP contribution in [0.4, 0.5) is 16.2 Å². The molecule has 138 valence electrons. The maximum absolute atomic E-state index is 12.5. The third kappa shape index (κ3) is 3.96. The number of benzene rings is 2. The summed E-state index contributed by atoms with van der Waals surface area (Å²) in [6.45, 7) is 2.67. The Kier molecular flexibility index (Phi) is 5.73. The molecule has 2 aromatic carbocycles. The lowest BCUT2D eigenvalue weighted by Crippen LogP contribution is -2.50. The van der Waals surface area contributed by atoms with Crippen LogP contribution in [0.2, 0.25) is 5.02 Å². The van der Waals surface area contributed by atoms with Crippen molar-refractivity contribution >= 4 is 29.0 Å². The van der Waals surface area contributed by atoms with Gasteiger partial charge in [-0.05, 0) is 24.3 Å². The highest BCUT2D eigenvalue weighted by Gasteiger charge is 2.23. The van der Waals surface area contributed by atoms with Gasteiger partial charge in [0.05, 0.1) is 30.6 Å². The summed E-state index contributed by atoms with van der Waals surface area (Å²) in [4.78, 5) is 16.5. The highest BCUT2D eigenvalue weighted by Crippen LogP contribution is 2.32. The van der Waals surface area contributed by atoms with Gasteiger partial charge in [0.25, 0.3) is 0 Å². The van der Waals surface area contributed by atoms with E-state index in [0.29, 0.717) is 23.8 Å². The molecule has 7 heteroatoms. The van der Waals surface area contributed by atoms with Gasteiger partial charge in [-0.1, -0.05) is 23.7 Å².